The summed E-state index contributed by atoms with van der Waals surface area (Å²) >= 11 is 0. The highest BCUT2D eigenvalue weighted by molar-refractivity contribution is 4.20. The van der Waals surface area contributed by atoms with Crippen molar-refractivity contribution in [2.24, 2.45) is 0 Å². The van der Waals surface area contributed by atoms with Gasteiger partial charge in [0.15, 0.2) is 0 Å². The highest BCUT2D eigenvalue weighted by Gasteiger charge is 1.96. The Labute approximate surface area is 66.4 Å². The van der Waals surface area contributed by atoms with Gasteiger partial charge in [0, 0.05) is 0 Å². The Morgan fingerprint density at radius 1 is 0.900 bits per heavy atom. The van der Waals surface area contributed by atoms with E-state index >= 15 is 0 Å². The molecule has 0 heterocycles. The van der Waals surface area contributed by atoms with E-state index in [0.29, 0.717) is 0 Å². The normalized spacial score (nSPS) is 9.00. The average Bonchev–Trinajstić information content (AvgIpc) is 2.04. The fraction of sp³-hybridized carbons (Fsp3) is 1.00. The smallest absolute Gasteiger partial charge is 0.0768 e. The number of nitrogens with one attached hydrogen (secondary N) is 1. The van der Waals surface area contributed by atoms with Gasteiger partial charge in [0.1, 0.15) is 0 Å². The van der Waals surface area contributed by atoms with Crippen LogP contribution in [0.25, 0.3) is 0 Å². The number of quaternary nitrogens is 1. The molecule has 0 aliphatic heterocycles. The van der Waals surface area contributed by atoms with Gasteiger partial charge in [-0.15, -0.1) is 0 Å². The maximum absolute atomic E-state index is 2.24. The molecule has 0 aliphatic rings. The van der Waals surface area contributed by atoms with Crippen molar-refractivity contribution in [3.05, 3.63) is 0 Å². The first kappa shape index (κ1) is 12.6. The third-order valence-electron chi connectivity index (χ3n) is 1.60. The minimum atomic E-state index is 1.28. The molecule has 0 unspecified atom stereocenters. The largest absolute Gasteiger partial charge is 0.335 e. The molecule has 0 aromatic rings. The molecule has 0 atom stereocenters. The molecule has 0 amide bonds. The molecular weight excluding hydrogens is 122 g/mol. The predicted molar refractivity (Wildman–Crippen MR) is 48.6 cm³/mol. The Kier molecular flexibility index (Phi) is 14.8. The summed E-state index contributed by atoms with van der Waals surface area (Å²) in [7, 11) is 0. The van der Waals surface area contributed by atoms with E-state index in [9.17, 15) is 0 Å². The van der Waals surface area contributed by atoms with E-state index in [1.807, 2.05) is 13.8 Å². The van der Waals surface area contributed by atoms with Crippen molar-refractivity contribution in [1.29, 1.82) is 0 Å². The van der Waals surface area contributed by atoms with Crippen molar-refractivity contribution in [2.45, 2.75) is 41.0 Å². The maximum atomic E-state index is 2.24. The van der Waals surface area contributed by atoms with Crippen LogP contribution in [0.15, 0.2) is 0 Å². The molecule has 0 fully saturated rings. The van der Waals surface area contributed by atoms with Crippen LogP contribution in [-0.2, 0) is 0 Å². The van der Waals surface area contributed by atoms with Crippen LogP contribution in [-0.4, -0.2) is 19.6 Å². The van der Waals surface area contributed by atoms with Gasteiger partial charge in [0.05, 0.1) is 19.6 Å². The second kappa shape index (κ2) is 11.7. The monoisotopic (exact) mass is 146 g/mol. The summed E-state index contributed by atoms with van der Waals surface area (Å²) in [4.78, 5) is 1.72. The van der Waals surface area contributed by atoms with Gasteiger partial charge in [0.25, 0.3) is 0 Å². The van der Waals surface area contributed by atoms with Crippen LogP contribution < -0.4 is 4.90 Å². The molecule has 0 rings (SSSR count). The quantitative estimate of drug-likeness (QED) is 0.610. The van der Waals surface area contributed by atoms with E-state index in [-0.39, 0.29) is 0 Å². The summed E-state index contributed by atoms with van der Waals surface area (Å²) in [6.45, 7) is 14.6. The van der Waals surface area contributed by atoms with Gasteiger partial charge in [0.2, 0.25) is 0 Å². The summed E-state index contributed by atoms with van der Waals surface area (Å²) in [6.07, 6.45) is 1.32. The summed E-state index contributed by atoms with van der Waals surface area (Å²) in [6, 6.07) is 0. The van der Waals surface area contributed by atoms with Crippen molar-refractivity contribution in [1.82, 2.24) is 0 Å². The molecule has 1 N–H and O–H groups in total. The third-order valence-corrected chi connectivity index (χ3v) is 1.60. The molecule has 1 heteroatoms. The highest BCUT2D eigenvalue weighted by atomic mass is 15.1. The SMILES string of the molecule is CC.CCC[NH+](CC)CC. The topological polar surface area (TPSA) is 4.44 Å². The molecular formula is C9H24N+. The zero-order valence-electron chi connectivity index (χ0n) is 8.33. The Bertz CT molecular complexity index is 40.0. The van der Waals surface area contributed by atoms with E-state index in [1.165, 1.54) is 26.1 Å². The second-order valence-corrected chi connectivity index (χ2v) is 2.21. The van der Waals surface area contributed by atoms with Gasteiger partial charge in [-0.25, -0.2) is 0 Å². The van der Waals surface area contributed by atoms with E-state index in [0.717, 1.165) is 0 Å². The van der Waals surface area contributed by atoms with Crippen molar-refractivity contribution in [3.63, 3.8) is 0 Å². The van der Waals surface area contributed by atoms with Crippen molar-refractivity contribution in [3.8, 4) is 0 Å². The van der Waals surface area contributed by atoms with Gasteiger partial charge < -0.3 is 4.90 Å². The molecule has 0 saturated heterocycles. The van der Waals surface area contributed by atoms with Crippen molar-refractivity contribution < 1.29 is 4.90 Å². The van der Waals surface area contributed by atoms with Crippen molar-refractivity contribution >= 4 is 0 Å². The van der Waals surface area contributed by atoms with Crippen LogP contribution in [0.3, 0.4) is 0 Å². The minimum absolute atomic E-state index is 1.28. The zero-order valence-corrected chi connectivity index (χ0v) is 8.33. The van der Waals surface area contributed by atoms with Crippen LogP contribution in [0.5, 0.6) is 0 Å². The lowest BCUT2D eigenvalue weighted by atomic mass is 10.4. The van der Waals surface area contributed by atoms with E-state index < -0.39 is 0 Å². The molecule has 0 bridgehead atoms. The zero-order chi connectivity index (χ0) is 8.41. The highest BCUT2D eigenvalue weighted by Crippen LogP contribution is 1.62. The standard InChI is InChI=1S/C7H17N.C2H6/c1-4-7-8(5-2)6-3;1-2/h4-7H2,1-3H3;1-2H3/p+1. The van der Waals surface area contributed by atoms with Gasteiger partial charge in [-0.05, 0) is 20.3 Å². The van der Waals surface area contributed by atoms with Gasteiger partial charge >= 0.3 is 0 Å². The number of hydrogen-bond donors (Lipinski definition) is 1. The summed E-state index contributed by atoms with van der Waals surface area (Å²) < 4.78 is 0. The maximum Gasteiger partial charge on any atom is 0.0768 e. The fourth-order valence-electron chi connectivity index (χ4n) is 0.957. The van der Waals surface area contributed by atoms with E-state index in [2.05, 4.69) is 20.8 Å². The van der Waals surface area contributed by atoms with Gasteiger partial charge in [-0.2, -0.15) is 0 Å². The molecule has 10 heavy (non-hydrogen) atoms. The Balaban J connectivity index is 0. The predicted octanol–water partition coefficient (Wildman–Crippen LogP) is 1.35. The summed E-state index contributed by atoms with van der Waals surface area (Å²) in [5.74, 6) is 0. The Morgan fingerprint density at radius 3 is 1.40 bits per heavy atom. The van der Waals surface area contributed by atoms with Crippen LogP contribution in [0.4, 0.5) is 0 Å². The Hall–Kier alpha value is -0.0400. The second-order valence-electron chi connectivity index (χ2n) is 2.21. The molecule has 0 aromatic carbocycles. The van der Waals surface area contributed by atoms with Crippen LogP contribution in [0.1, 0.15) is 41.0 Å². The van der Waals surface area contributed by atoms with Crippen LogP contribution in [0.2, 0.25) is 0 Å². The van der Waals surface area contributed by atoms with Crippen LogP contribution >= 0.6 is 0 Å². The molecule has 0 aliphatic carbocycles. The molecule has 64 valence electrons. The molecule has 0 saturated carbocycles. The van der Waals surface area contributed by atoms with Crippen molar-refractivity contribution in [2.75, 3.05) is 19.6 Å². The molecule has 0 spiro atoms. The summed E-state index contributed by atoms with van der Waals surface area (Å²) in [5.41, 5.74) is 0. The first-order valence-corrected chi connectivity index (χ1v) is 4.68. The van der Waals surface area contributed by atoms with Gasteiger partial charge in [-0.1, -0.05) is 20.8 Å². The number of hydrogen-bond acceptors (Lipinski definition) is 0. The van der Waals surface area contributed by atoms with Gasteiger partial charge in [-0.3, -0.25) is 0 Å². The molecule has 0 aromatic heterocycles. The summed E-state index contributed by atoms with van der Waals surface area (Å²) in [5, 5.41) is 0. The number of rotatable bonds is 4. The third kappa shape index (κ3) is 7.96. The minimum Gasteiger partial charge on any atom is -0.335 e. The molecule has 0 radical (unpaired) electrons. The average molecular weight is 146 g/mol. The van der Waals surface area contributed by atoms with Crippen LogP contribution in [0, 0.1) is 0 Å². The lowest BCUT2D eigenvalue weighted by molar-refractivity contribution is -0.896. The first-order valence-electron chi connectivity index (χ1n) is 4.68. The first-order chi connectivity index (χ1) is 4.85. The lowest BCUT2D eigenvalue weighted by Crippen LogP contribution is -3.11. The fourth-order valence-corrected chi connectivity index (χ4v) is 0.957. The Morgan fingerprint density at radius 2 is 1.30 bits per heavy atom. The lowest BCUT2D eigenvalue weighted by Gasteiger charge is -2.12. The van der Waals surface area contributed by atoms with E-state index in [1.54, 1.807) is 4.90 Å². The van der Waals surface area contributed by atoms with E-state index in [4.69, 9.17) is 0 Å². The molecule has 1 nitrogen and oxygen atoms in total.